The Bertz CT molecular complexity index is 394. The van der Waals surface area contributed by atoms with Gasteiger partial charge in [-0.3, -0.25) is 0 Å². The van der Waals surface area contributed by atoms with E-state index in [1.165, 1.54) is 18.6 Å². The van der Waals surface area contributed by atoms with Gasteiger partial charge in [0.25, 0.3) is 0 Å². The van der Waals surface area contributed by atoms with Crippen LogP contribution in [0, 0.1) is 11.7 Å². The smallest absolute Gasteiger partial charge is 0.123 e. The molecular formula is C13H17ClFN. The molecule has 1 aromatic rings. The monoisotopic (exact) mass is 241 g/mol. The van der Waals surface area contributed by atoms with E-state index in [-0.39, 0.29) is 5.82 Å². The summed E-state index contributed by atoms with van der Waals surface area (Å²) in [6, 6.07) is 4.47. The summed E-state index contributed by atoms with van der Waals surface area (Å²) in [5.41, 5.74) is 6.75. The van der Waals surface area contributed by atoms with Crippen LogP contribution in [-0.4, -0.2) is 0 Å². The molecule has 1 aromatic carbocycles. The molecule has 1 aliphatic carbocycles. The van der Waals surface area contributed by atoms with Crippen molar-refractivity contribution in [3.63, 3.8) is 0 Å². The van der Waals surface area contributed by atoms with Gasteiger partial charge in [0.05, 0.1) is 0 Å². The van der Waals surface area contributed by atoms with Crippen LogP contribution < -0.4 is 5.73 Å². The Labute approximate surface area is 101 Å². The van der Waals surface area contributed by atoms with Gasteiger partial charge in [-0.05, 0) is 42.5 Å². The molecule has 0 heterocycles. The molecule has 2 rings (SSSR count). The molecule has 1 saturated carbocycles. The van der Waals surface area contributed by atoms with Crippen molar-refractivity contribution in [2.45, 2.75) is 38.1 Å². The molecular weight excluding hydrogens is 225 g/mol. The van der Waals surface area contributed by atoms with Gasteiger partial charge in [-0.2, -0.15) is 0 Å². The molecule has 0 amide bonds. The van der Waals surface area contributed by atoms with Crippen molar-refractivity contribution in [2.24, 2.45) is 11.7 Å². The maximum atomic E-state index is 13.3. The van der Waals surface area contributed by atoms with Gasteiger partial charge in [0.2, 0.25) is 0 Å². The Morgan fingerprint density at radius 1 is 1.44 bits per heavy atom. The van der Waals surface area contributed by atoms with Crippen molar-refractivity contribution in [1.29, 1.82) is 0 Å². The molecule has 1 aliphatic rings. The molecule has 0 spiro atoms. The number of rotatable bonds is 1. The summed E-state index contributed by atoms with van der Waals surface area (Å²) in [4.78, 5) is 0. The average molecular weight is 242 g/mol. The largest absolute Gasteiger partial charge is 0.321 e. The van der Waals surface area contributed by atoms with E-state index in [2.05, 4.69) is 6.92 Å². The SMILES string of the molecule is CC1CCCCC1(N)c1cc(F)ccc1Cl. The van der Waals surface area contributed by atoms with E-state index in [1.54, 1.807) is 6.07 Å². The van der Waals surface area contributed by atoms with Gasteiger partial charge in [0.1, 0.15) is 5.82 Å². The summed E-state index contributed by atoms with van der Waals surface area (Å²) < 4.78 is 13.3. The Morgan fingerprint density at radius 3 is 2.88 bits per heavy atom. The lowest BCUT2D eigenvalue weighted by Gasteiger charge is -2.40. The van der Waals surface area contributed by atoms with Crippen molar-refractivity contribution in [3.8, 4) is 0 Å². The average Bonchev–Trinajstić information content (AvgIpc) is 2.26. The second kappa shape index (κ2) is 4.34. The number of hydrogen-bond donors (Lipinski definition) is 1. The third kappa shape index (κ3) is 1.96. The van der Waals surface area contributed by atoms with E-state index < -0.39 is 5.54 Å². The van der Waals surface area contributed by atoms with Crippen molar-refractivity contribution in [3.05, 3.63) is 34.6 Å². The second-order valence-electron chi connectivity index (χ2n) is 4.81. The van der Waals surface area contributed by atoms with Crippen LogP contribution in [0.15, 0.2) is 18.2 Å². The van der Waals surface area contributed by atoms with Gasteiger partial charge in [-0.15, -0.1) is 0 Å². The molecule has 2 N–H and O–H groups in total. The van der Waals surface area contributed by atoms with Crippen LogP contribution in [0.25, 0.3) is 0 Å². The lowest BCUT2D eigenvalue weighted by Crippen LogP contribution is -2.45. The van der Waals surface area contributed by atoms with E-state index in [0.717, 1.165) is 24.8 Å². The Hall–Kier alpha value is -0.600. The number of halogens is 2. The minimum absolute atomic E-state index is 0.262. The first kappa shape index (κ1) is 11.9. The first-order chi connectivity index (χ1) is 7.54. The van der Waals surface area contributed by atoms with Crippen LogP contribution in [0.4, 0.5) is 4.39 Å². The minimum Gasteiger partial charge on any atom is -0.321 e. The maximum Gasteiger partial charge on any atom is 0.123 e. The van der Waals surface area contributed by atoms with Crippen molar-refractivity contribution in [1.82, 2.24) is 0 Å². The van der Waals surface area contributed by atoms with Gasteiger partial charge in [-0.25, -0.2) is 4.39 Å². The molecule has 0 radical (unpaired) electrons. The van der Waals surface area contributed by atoms with Crippen LogP contribution >= 0.6 is 11.6 Å². The molecule has 2 unspecified atom stereocenters. The summed E-state index contributed by atoms with van der Waals surface area (Å²) >= 11 is 6.14. The topological polar surface area (TPSA) is 26.0 Å². The van der Waals surface area contributed by atoms with Crippen LogP contribution in [0.3, 0.4) is 0 Å². The highest BCUT2D eigenvalue weighted by molar-refractivity contribution is 6.31. The molecule has 2 atom stereocenters. The van der Waals surface area contributed by atoms with E-state index in [9.17, 15) is 4.39 Å². The first-order valence-electron chi connectivity index (χ1n) is 5.78. The van der Waals surface area contributed by atoms with Crippen molar-refractivity contribution in [2.75, 3.05) is 0 Å². The zero-order chi connectivity index (χ0) is 11.8. The Kier molecular flexibility index (Phi) is 3.22. The quantitative estimate of drug-likeness (QED) is 0.794. The summed E-state index contributed by atoms with van der Waals surface area (Å²) in [6.07, 6.45) is 4.27. The molecule has 0 aliphatic heterocycles. The number of nitrogens with two attached hydrogens (primary N) is 1. The fourth-order valence-corrected chi connectivity index (χ4v) is 2.92. The summed E-state index contributed by atoms with van der Waals surface area (Å²) in [5, 5.41) is 0.581. The normalized spacial score (nSPS) is 30.4. The van der Waals surface area contributed by atoms with Gasteiger partial charge in [0, 0.05) is 10.6 Å². The van der Waals surface area contributed by atoms with Gasteiger partial charge >= 0.3 is 0 Å². The molecule has 3 heteroatoms. The van der Waals surface area contributed by atoms with E-state index in [0.29, 0.717) is 10.9 Å². The fraction of sp³-hybridized carbons (Fsp3) is 0.538. The second-order valence-corrected chi connectivity index (χ2v) is 5.22. The third-order valence-corrected chi connectivity index (χ3v) is 4.12. The highest BCUT2D eigenvalue weighted by Crippen LogP contribution is 2.42. The van der Waals surface area contributed by atoms with Crippen LogP contribution in [0.1, 0.15) is 38.2 Å². The van der Waals surface area contributed by atoms with Gasteiger partial charge in [0.15, 0.2) is 0 Å². The molecule has 0 aromatic heterocycles. The number of benzene rings is 1. The van der Waals surface area contributed by atoms with Crippen LogP contribution in [-0.2, 0) is 5.54 Å². The molecule has 0 saturated heterocycles. The zero-order valence-electron chi connectivity index (χ0n) is 9.47. The van der Waals surface area contributed by atoms with E-state index in [1.807, 2.05) is 0 Å². The lowest BCUT2D eigenvalue weighted by molar-refractivity contribution is 0.206. The summed E-state index contributed by atoms with van der Waals surface area (Å²) in [7, 11) is 0. The number of hydrogen-bond acceptors (Lipinski definition) is 1. The Balaban J connectivity index is 2.44. The van der Waals surface area contributed by atoms with Crippen molar-refractivity contribution >= 4 is 11.6 Å². The molecule has 0 bridgehead atoms. The minimum atomic E-state index is -0.461. The maximum absolute atomic E-state index is 13.3. The molecule has 16 heavy (non-hydrogen) atoms. The third-order valence-electron chi connectivity index (χ3n) is 3.79. The van der Waals surface area contributed by atoms with Crippen molar-refractivity contribution < 1.29 is 4.39 Å². The first-order valence-corrected chi connectivity index (χ1v) is 6.16. The van der Waals surface area contributed by atoms with Gasteiger partial charge in [-0.1, -0.05) is 31.4 Å². The molecule has 88 valence electrons. The van der Waals surface area contributed by atoms with E-state index in [4.69, 9.17) is 17.3 Å². The summed E-state index contributed by atoms with van der Waals surface area (Å²) in [6.45, 7) is 2.13. The zero-order valence-corrected chi connectivity index (χ0v) is 10.2. The highest BCUT2D eigenvalue weighted by Gasteiger charge is 2.37. The Morgan fingerprint density at radius 2 is 2.19 bits per heavy atom. The molecule has 1 nitrogen and oxygen atoms in total. The predicted molar refractivity (Wildman–Crippen MR) is 64.9 cm³/mol. The highest BCUT2D eigenvalue weighted by atomic mass is 35.5. The lowest BCUT2D eigenvalue weighted by atomic mass is 9.70. The molecule has 1 fully saturated rings. The fourth-order valence-electron chi connectivity index (χ4n) is 2.63. The summed E-state index contributed by atoms with van der Waals surface area (Å²) in [5.74, 6) is 0.0857. The standard InChI is InChI=1S/C13H17ClFN/c1-9-4-2-3-7-13(9,16)11-8-10(15)5-6-12(11)14/h5-6,8-9H,2-4,7,16H2,1H3. The van der Waals surface area contributed by atoms with E-state index >= 15 is 0 Å². The van der Waals surface area contributed by atoms with Crippen LogP contribution in [0.2, 0.25) is 5.02 Å². The van der Waals surface area contributed by atoms with Gasteiger partial charge < -0.3 is 5.73 Å². The van der Waals surface area contributed by atoms with Crippen LogP contribution in [0.5, 0.6) is 0 Å². The predicted octanol–water partition coefficient (Wildman–Crippen LogP) is 3.84.